The van der Waals surface area contributed by atoms with E-state index in [0.29, 0.717) is 16.7 Å². The molecule has 0 fully saturated rings. The van der Waals surface area contributed by atoms with Gasteiger partial charge >= 0.3 is 6.18 Å². The van der Waals surface area contributed by atoms with Gasteiger partial charge in [0.2, 0.25) is 0 Å². The predicted octanol–water partition coefficient (Wildman–Crippen LogP) is 5.14. The van der Waals surface area contributed by atoms with Crippen LogP contribution in [-0.2, 0) is 12.7 Å². The third kappa shape index (κ3) is 3.49. The Morgan fingerprint density at radius 1 is 1.22 bits per heavy atom. The number of rotatable bonds is 3. The van der Waals surface area contributed by atoms with Gasteiger partial charge in [0.1, 0.15) is 0 Å². The Morgan fingerprint density at radius 3 is 2.61 bits per heavy atom. The van der Waals surface area contributed by atoms with Crippen molar-refractivity contribution in [1.29, 1.82) is 0 Å². The summed E-state index contributed by atoms with van der Waals surface area (Å²) in [6, 6.07) is 5.73. The minimum absolute atomic E-state index is 0.408. The molecule has 1 aromatic heterocycles. The van der Waals surface area contributed by atoms with Crippen molar-refractivity contribution >= 4 is 33.0 Å². The number of hydrogen-bond donors (Lipinski definition) is 1. The van der Waals surface area contributed by atoms with E-state index in [2.05, 4.69) is 21.2 Å². The fourth-order valence-corrected chi connectivity index (χ4v) is 2.61. The van der Waals surface area contributed by atoms with E-state index in [1.807, 2.05) is 16.8 Å². The second kappa shape index (κ2) is 5.32. The minimum atomic E-state index is -4.33. The van der Waals surface area contributed by atoms with Crippen LogP contribution in [0.25, 0.3) is 0 Å². The highest BCUT2D eigenvalue weighted by Crippen LogP contribution is 2.33. The largest absolute Gasteiger partial charge is 0.416 e. The zero-order valence-corrected chi connectivity index (χ0v) is 11.5. The van der Waals surface area contributed by atoms with Crippen molar-refractivity contribution in [3.8, 4) is 0 Å². The number of anilines is 1. The average molecular weight is 336 g/mol. The molecule has 0 atom stereocenters. The van der Waals surface area contributed by atoms with Crippen molar-refractivity contribution in [3.05, 3.63) is 50.6 Å². The van der Waals surface area contributed by atoms with Gasteiger partial charge in [0.25, 0.3) is 0 Å². The predicted molar refractivity (Wildman–Crippen MR) is 70.8 cm³/mol. The molecule has 0 spiro atoms. The van der Waals surface area contributed by atoms with Gasteiger partial charge in [-0.2, -0.15) is 24.5 Å². The van der Waals surface area contributed by atoms with Gasteiger partial charge in [0.05, 0.1) is 5.56 Å². The Labute approximate surface area is 115 Å². The smallest absolute Gasteiger partial charge is 0.381 e. The fourth-order valence-electron chi connectivity index (χ4n) is 1.45. The monoisotopic (exact) mass is 335 g/mol. The number of thiophene rings is 1. The topological polar surface area (TPSA) is 12.0 Å². The molecule has 0 saturated heterocycles. The van der Waals surface area contributed by atoms with E-state index < -0.39 is 11.7 Å². The maximum Gasteiger partial charge on any atom is 0.416 e. The second-order valence-electron chi connectivity index (χ2n) is 3.71. The molecule has 0 saturated carbocycles. The summed E-state index contributed by atoms with van der Waals surface area (Å²) in [4.78, 5) is 0. The molecule has 1 heterocycles. The second-order valence-corrected chi connectivity index (χ2v) is 5.41. The number of benzene rings is 1. The van der Waals surface area contributed by atoms with Crippen LogP contribution in [-0.4, -0.2) is 0 Å². The van der Waals surface area contributed by atoms with Gasteiger partial charge in [0.15, 0.2) is 0 Å². The first kappa shape index (κ1) is 13.4. The van der Waals surface area contributed by atoms with Gasteiger partial charge < -0.3 is 5.32 Å². The Balaban J connectivity index is 2.15. The quantitative estimate of drug-likeness (QED) is 0.818. The van der Waals surface area contributed by atoms with E-state index in [1.54, 1.807) is 17.4 Å². The van der Waals surface area contributed by atoms with Gasteiger partial charge in [0, 0.05) is 16.7 Å². The third-order valence-corrected chi connectivity index (χ3v) is 3.49. The molecule has 96 valence electrons. The molecule has 0 amide bonds. The highest BCUT2D eigenvalue weighted by atomic mass is 79.9. The fraction of sp³-hybridized carbons (Fsp3) is 0.167. The van der Waals surface area contributed by atoms with Crippen LogP contribution >= 0.6 is 27.3 Å². The van der Waals surface area contributed by atoms with E-state index in [9.17, 15) is 13.2 Å². The van der Waals surface area contributed by atoms with Crippen LogP contribution in [0.5, 0.6) is 0 Å². The van der Waals surface area contributed by atoms with Gasteiger partial charge in [-0.15, -0.1) is 0 Å². The number of halogens is 4. The molecule has 0 unspecified atom stereocenters. The van der Waals surface area contributed by atoms with Crippen LogP contribution in [0.3, 0.4) is 0 Å². The van der Waals surface area contributed by atoms with Crippen molar-refractivity contribution in [2.24, 2.45) is 0 Å². The highest BCUT2D eigenvalue weighted by Gasteiger charge is 2.31. The molecular weight excluding hydrogens is 327 g/mol. The highest BCUT2D eigenvalue weighted by molar-refractivity contribution is 9.10. The van der Waals surface area contributed by atoms with Crippen molar-refractivity contribution in [3.63, 3.8) is 0 Å². The summed E-state index contributed by atoms with van der Waals surface area (Å²) < 4.78 is 38.3. The van der Waals surface area contributed by atoms with E-state index in [0.717, 1.165) is 17.7 Å². The summed E-state index contributed by atoms with van der Waals surface area (Å²) in [5.41, 5.74) is 0.834. The van der Waals surface area contributed by atoms with Gasteiger partial charge in [-0.3, -0.25) is 0 Å². The summed E-state index contributed by atoms with van der Waals surface area (Å²) in [6.45, 7) is 0.511. The Hall–Kier alpha value is -1.01. The van der Waals surface area contributed by atoms with E-state index in [-0.39, 0.29) is 0 Å². The van der Waals surface area contributed by atoms with Crippen LogP contribution in [0.15, 0.2) is 39.5 Å². The van der Waals surface area contributed by atoms with Crippen LogP contribution in [0.4, 0.5) is 18.9 Å². The van der Waals surface area contributed by atoms with Crippen LogP contribution < -0.4 is 5.32 Å². The Morgan fingerprint density at radius 2 is 2.00 bits per heavy atom. The summed E-state index contributed by atoms with van der Waals surface area (Å²) in [6.07, 6.45) is -4.33. The van der Waals surface area contributed by atoms with Crippen molar-refractivity contribution in [2.45, 2.75) is 12.7 Å². The van der Waals surface area contributed by atoms with Crippen LogP contribution in [0, 0.1) is 0 Å². The molecule has 0 aliphatic rings. The van der Waals surface area contributed by atoms with Crippen LogP contribution in [0.2, 0.25) is 0 Å². The zero-order valence-electron chi connectivity index (χ0n) is 9.09. The summed E-state index contributed by atoms with van der Waals surface area (Å²) in [5, 5.41) is 6.86. The lowest BCUT2D eigenvalue weighted by Gasteiger charge is -2.11. The lowest BCUT2D eigenvalue weighted by molar-refractivity contribution is -0.137. The lowest BCUT2D eigenvalue weighted by atomic mass is 10.2. The number of alkyl halides is 3. The average Bonchev–Trinajstić information content (AvgIpc) is 2.77. The summed E-state index contributed by atoms with van der Waals surface area (Å²) in [7, 11) is 0. The Bertz CT molecular complexity index is 523. The molecule has 0 bridgehead atoms. The maximum absolute atomic E-state index is 12.6. The van der Waals surface area contributed by atoms with Gasteiger partial charge in [-0.25, -0.2) is 0 Å². The molecule has 0 radical (unpaired) electrons. The molecule has 6 heteroatoms. The Kier molecular flexibility index (Phi) is 3.97. The number of nitrogens with one attached hydrogen (secondary N) is 1. The first-order valence-electron chi connectivity index (χ1n) is 5.08. The maximum atomic E-state index is 12.6. The first-order chi connectivity index (χ1) is 8.45. The summed E-state index contributed by atoms with van der Waals surface area (Å²) >= 11 is 4.64. The molecule has 1 N–H and O–H groups in total. The molecule has 2 aromatic rings. The van der Waals surface area contributed by atoms with Crippen LogP contribution in [0.1, 0.15) is 11.1 Å². The standard InChI is InChI=1S/C12H9BrF3NS/c13-10-3-9(12(14,15)16)4-11(5-10)17-6-8-1-2-18-7-8/h1-5,7,17H,6H2. The minimum Gasteiger partial charge on any atom is -0.381 e. The van der Waals surface area contributed by atoms with E-state index in [1.165, 1.54) is 0 Å². The van der Waals surface area contributed by atoms with Gasteiger partial charge in [-0.1, -0.05) is 15.9 Å². The van der Waals surface area contributed by atoms with E-state index in [4.69, 9.17) is 0 Å². The third-order valence-electron chi connectivity index (χ3n) is 2.30. The SMILES string of the molecule is FC(F)(F)c1cc(Br)cc(NCc2ccsc2)c1. The number of hydrogen-bond acceptors (Lipinski definition) is 2. The van der Waals surface area contributed by atoms with Crippen molar-refractivity contribution < 1.29 is 13.2 Å². The van der Waals surface area contributed by atoms with Crippen molar-refractivity contribution in [2.75, 3.05) is 5.32 Å². The molecule has 0 aliphatic carbocycles. The molecule has 1 aromatic carbocycles. The molecular formula is C12H9BrF3NS. The molecule has 1 nitrogen and oxygen atoms in total. The van der Waals surface area contributed by atoms with Gasteiger partial charge in [-0.05, 0) is 40.6 Å². The molecule has 0 aliphatic heterocycles. The molecule has 2 rings (SSSR count). The van der Waals surface area contributed by atoms with E-state index >= 15 is 0 Å². The first-order valence-corrected chi connectivity index (χ1v) is 6.81. The normalized spacial score (nSPS) is 11.6. The zero-order chi connectivity index (χ0) is 13.2. The van der Waals surface area contributed by atoms with Crippen molar-refractivity contribution in [1.82, 2.24) is 0 Å². The molecule has 18 heavy (non-hydrogen) atoms. The summed E-state index contributed by atoms with van der Waals surface area (Å²) in [5.74, 6) is 0. The lowest BCUT2D eigenvalue weighted by Crippen LogP contribution is -2.06.